The number of aromatic nitrogens is 1. The number of hydrogen-bond donors (Lipinski definition) is 2. The van der Waals surface area contributed by atoms with Gasteiger partial charge in [-0.3, -0.25) is 9.52 Å². The molecule has 2 aromatic carbocycles. The standard InChI is InChI=1S/C28H36N4O5S/c1-7-26(33)32(6,24(27(29)34)16-18(2)3)17-21-12-14-22(15-13-21)23-10-8-9-11-25(23)38(35,36)31-28-19(4)20(5)37-30-28/h8-15,18,24H,7,16-17H2,1-6H3,(H2-,29,30,31,34)/p+1/t24-,32?/m0/s1. The number of nitrogens with zero attached hydrogens (tertiary/aromatic N) is 2. The van der Waals surface area contributed by atoms with Crippen LogP contribution in [0.5, 0.6) is 0 Å². The molecule has 0 spiro atoms. The second kappa shape index (κ2) is 11.5. The van der Waals surface area contributed by atoms with Crippen molar-refractivity contribution < 1.29 is 27.0 Å². The molecular weight excluding hydrogens is 504 g/mol. The third-order valence-corrected chi connectivity index (χ3v) is 8.32. The van der Waals surface area contributed by atoms with Crippen molar-refractivity contribution in [1.82, 2.24) is 5.16 Å². The number of carbonyl (C=O) groups is 2. The Morgan fingerprint density at radius 2 is 1.71 bits per heavy atom. The van der Waals surface area contributed by atoms with Crippen molar-refractivity contribution in [2.75, 3.05) is 11.8 Å². The molecule has 0 aliphatic rings. The third-order valence-electron chi connectivity index (χ3n) is 6.92. The molecule has 0 saturated heterocycles. The Balaban J connectivity index is 1.95. The maximum atomic E-state index is 13.3. The maximum absolute atomic E-state index is 13.3. The first kappa shape index (κ1) is 29.1. The Bertz CT molecular complexity index is 1410. The molecule has 1 unspecified atom stereocenters. The molecule has 0 bridgehead atoms. The molecule has 3 aromatic rings. The molecule has 38 heavy (non-hydrogen) atoms. The van der Waals surface area contributed by atoms with E-state index in [-0.39, 0.29) is 33.4 Å². The molecule has 0 fully saturated rings. The molecule has 3 rings (SSSR count). The highest BCUT2D eigenvalue weighted by Crippen LogP contribution is 2.31. The second-order valence-corrected chi connectivity index (χ2v) is 11.9. The first-order valence-corrected chi connectivity index (χ1v) is 14.1. The van der Waals surface area contributed by atoms with E-state index in [4.69, 9.17) is 10.3 Å². The van der Waals surface area contributed by atoms with Gasteiger partial charge in [-0.2, -0.15) is 0 Å². The van der Waals surface area contributed by atoms with Crippen LogP contribution in [0.4, 0.5) is 5.82 Å². The number of carbonyl (C=O) groups excluding carboxylic acids is 2. The average molecular weight is 542 g/mol. The summed E-state index contributed by atoms with van der Waals surface area (Å²) in [6, 6.07) is 13.4. The van der Waals surface area contributed by atoms with E-state index in [1.165, 1.54) is 6.07 Å². The molecule has 204 valence electrons. The molecule has 10 heteroatoms. The van der Waals surface area contributed by atoms with Gasteiger partial charge in [0.25, 0.3) is 15.9 Å². The number of benzene rings is 2. The molecule has 0 radical (unpaired) electrons. The second-order valence-electron chi connectivity index (χ2n) is 10.2. The van der Waals surface area contributed by atoms with Gasteiger partial charge in [-0.25, -0.2) is 17.7 Å². The van der Waals surface area contributed by atoms with Crippen molar-refractivity contribution >= 4 is 27.7 Å². The Morgan fingerprint density at radius 3 is 2.24 bits per heavy atom. The van der Waals surface area contributed by atoms with Crippen molar-refractivity contribution in [1.29, 1.82) is 0 Å². The zero-order valence-corrected chi connectivity index (χ0v) is 23.6. The summed E-state index contributed by atoms with van der Waals surface area (Å²) in [5.41, 5.74) is 8.41. The minimum atomic E-state index is -3.96. The van der Waals surface area contributed by atoms with Gasteiger partial charge in [0.15, 0.2) is 11.9 Å². The van der Waals surface area contributed by atoms with Crippen molar-refractivity contribution in [3.8, 4) is 11.1 Å². The first-order valence-electron chi connectivity index (χ1n) is 12.6. The van der Waals surface area contributed by atoms with E-state index < -0.39 is 22.0 Å². The van der Waals surface area contributed by atoms with Gasteiger partial charge in [0.2, 0.25) is 0 Å². The zero-order valence-electron chi connectivity index (χ0n) is 22.8. The molecular formula is C28H37N4O5S+. The Kier molecular flexibility index (Phi) is 8.79. The lowest BCUT2D eigenvalue weighted by Gasteiger charge is -2.38. The molecule has 3 N–H and O–H groups in total. The van der Waals surface area contributed by atoms with Crippen LogP contribution in [-0.4, -0.2) is 43.0 Å². The number of anilines is 1. The van der Waals surface area contributed by atoms with Crippen molar-refractivity contribution in [3.05, 3.63) is 65.4 Å². The number of nitrogens with two attached hydrogens (primary N) is 1. The third kappa shape index (κ3) is 6.14. The molecule has 1 aromatic heterocycles. The van der Waals surface area contributed by atoms with E-state index in [9.17, 15) is 18.0 Å². The molecule has 0 saturated carbocycles. The highest BCUT2D eigenvalue weighted by atomic mass is 32.2. The minimum absolute atomic E-state index is 0.0700. The number of primary amides is 1. The van der Waals surface area contributed by atoms with Crippen LogP contribution in [0, 0.1) is 19.8 Å². The van der Waals surface area contributed by atoms with Gasteiger partial charge in [-0.1, -0.05) is 68.4 Å². The summed E-state index contributed by atoms with van der Waals surface area (Å²) in [4.78, 5) is 25.6. The molecule has 2 atom stereocenters. The highest BCUT2D eigenvalue weighted by Gasteiger charge is 2.43. The van der Waals surface area contributed by atoms with E-state index in [1.807, 2.05) is 38.1 Å². The monoisotopic (exact) mass is 541 g/mol. The lowest BCUT2D eigenvalue weighted by Crippen LogP contribution is -2.60. The van der Waals surface area contributed by atoms with Crippen molar-refractivity contribution in [2.24, 2.45) is 11.7 Å². The number of aryl methyl sites for hydroxylation is 1. The lowest BCUT2D eigenvalue weighted by molar-refractivity contribution is -0.865. The molecule has 1 heterocycles. The number of nitrogens with one attached hydrogen (secondary N) is 1. The van der Waals surface area contributed by atoms with Crippen molar-refractivity contribution in [2.45, 2.75) is 64.9 Å². The van der Waals surface area contributed by atoms with E-state index in [1.54, 1.807) is 46.0 Å². The molecule has 2 amide bonds. The molecule has 0 aliphatic carbocycles. The number of rotatable bonds is 11. The fraction of sp³-hybridized carbons (Fsp3) is 0.393. The van der Waals surface area contributed by atoms with E-state index in [0.717, 1.165) is 5.56 Å². The van der Waals surface area contributed by atoms with Gasteiger partial charge in [-0.05, 0) is 31.4 Å². The van der Waals surface area contributed by atoms with Crippen LogP contribution in [-0.2, 0) is 26.2 Å². The van der Waals surface area contributed by atoms with Gasteiger partial charge in [0.05, 0.1) is 18.4 Å². The van der Waals surface area contributed by atoms with Crippen LogP contribution in [0.1, 0.15) is 50.5 Å². The van der Waals surface area contributed by atoms with Crippen LogP contribution in [0.25, 0.3) is 11.1 Å². The van der Waals surface area contributed by atoms with Crippen LogP contribution in [0.3, 0.4) is 0 Å². The minimum Gasteiger partial charge on any atom is -0.364 e. The predicted octanol–water partition coefficient (Wildman–Crippen LogP) is 4.54. The summed E-state index contributed by atoms with van der Waals surface area (Å²) < 4.78 is 34.0. The van der Waals surface area contributed by atoms with E-state index in [0.29, 0.717) is 35.4 Å². The lowest BCUT2D eigenvalue weighted by atomic mass is 9.97. The predicted molar refractivity (Wildman–Crippen MR) is 146 cm³/mol. The quantitative estimate of drug-likeness (QED) is 0.343. The highest BCUT2D eigenvalue weighted by molar-refractivity contribution is 7.92. The van der Waals surface area contributed by atoms with Crippen LogP contribution >= 0.6 is 0 Å². The summed E-state index contributed by atoms with van der Waals surface area (Å²) in [6.45, 7) is 9.51. The van der Waals surface area contributed by atoms with E-state index >= 15 is 0 Å². The van der Waals surface area contributed by atoms with Gasteiger partial charge in [0, 0.05) is 23.1 Å². The summed E-state index contributed by atoms with van der Waals surface area (Å²) >= 11 is 0. The van der Waals surface area contributed by atoms with Gasteiger partial charge in [0.1, 0.15) is 12.3 Å². The van der Waals surface area contributed by atoms with Crippen LogP contribution in [0.15, 0.2) is 57.9 Å². The van der Waals surface area contributed by atoms with Crippen LogP contribution in [0.2, 0.25) is 0 Å². The summed E-state index contributed by atoms with van der Waals surface area (Å²) in [7, 11) is -2.20. The number of hydrogen-bond acceptors (Lipinski definition) is 6. The molecule has 0 aliphatic heterocycles. The number of quaternary nitrogens is 1. The number of amides is 2. The summed E-state index contributed by atoms with van der Waals surface area (Å²) in [5, 5.41) is 3.81. The average Bonchev–Trinajstić information content (AvgIpc) is 3.18. The Hall–Kier alpha value is -3.50. The van der Waals surface area contributed by atoms with Crippen molar-refractivity contribution in [3.63, 3.8) is 0 Å². The molecule has 9 nitrogen and oxygen atoms in total. The largest absolute Gasteiger partial charge is 0.364 e. The Morgan fingerprint density at radius 1 is 1.08 bits per heavy atom. The van der Waals surface area contributed by atoms with Crippen LogP contribution < -0.4 is 10.5 Å². The van der Waals surface area contributed by atoms with Gasteiger partial charge < -0.3 is 10.3 Å². The van der Waals surface area contributed by atoms with E-state index in [2.05, 4.69) is 9.88 Å². The summed E-state index contributed by atoms with van der Waals surface area (Å²) in [5.74, 6) is 0.304. The first-order chi connectivity index (χ1) is 17.8. The number of sulfonamides is 1. The fourth-order valence-electron chi connectivity index (χ4n) is 4.61. The topological polar surface area (TPSA) is 132 Å². The Labute approximate surface area is 224 Å². The smallest absolute Gasteiger partial charge is 0.314 e. The van der Waals surface area contributed by atoms with Gasteiger partial charge in [-0.15, -0.1) is 0 Å². The number of likely N-dealkylation sites (N-methyl/N-ethyl adjacent to an activating group) is 1. The summed E-state index contributed by atoms with van der Waals surface area (Å²) in [6.07, 6.45) is 0.775. The normalized spacial score (nSPS) is 14.2. The maximum Gasteiger partial charge on any atom is 0.314 e. The zero-order chi connectivity index (χ0) is 28.3. The fourth-order valence-corrected chi connectivity index (χ4v) is 5.90. The SMILES string of the molecule is CCC(=O)[N+](C)(Cc1ccc(-c2ccccc2S(=O)(=O)Nc2noc(C)c2C)cc1)[C@@H](CC(C)C)C(N)=O. The van der Waals surface area contributed by atoms with Gasteiger partial charge >= 0.3 is 5.91 Å².